The Bertz CT molecular complexity index is 1560. The second-order valence-corrected chi connectivity index (χ2v) is 8.10. The van der Waals surface area contributed by atoms with E-state index in [1.165, 1.54) is 12.1 Å². The number of rotatable bonds is 5. The number of hydrogen-bond donors (Lipinski definition) is 2. The molecule has 36 heavy (non-hydrogen) atoms. The van der Waals surface area contributed by atoms with Gasteiger partial charge in [-0.25, -0.2) is 4.98 Å². The van der Waals surface area contributed by atoms with Crippen LogP contribution >= 0.6 is 0 Å². The van der Waals surface area contributed by atoms with E-state index in [1.54, 1.807) is 49.8 Å². The van der Waals surface area contributed by atoms with Crippen LogP contribution in [0.25, 0.3) is 22.3 Å². The SMILES string of the molecule is Cc1ccc(Oc2cc(-c3cccnc3)nc3[nH]ccc23)cc1NC(=O)c1cccc(C(F)(F)F)c1. The maximum absolute atomic E-state index is 13.0. The molecule has 0 aliphatic carbocycles. The molecule has 0 aliphatic heterocycles. The molecule has 0 fully saturated rings. The molecule has 0 aliphatic rings. The summed E-state index contributed by atoms with van der Waals surface area (Å²) in [6.07, 6.45) is 0.597. The number of halogens is 3. The predicted octanol–water partition coefficient (Wildman–Crippen LogP) is 7.00. The van der Waals surface area contributed by atoms with Crippen molar-refractivity contribution >= 4 is 22.6 Å². The molecular formula is C27H19F3N4O2. The number of carbonyl (C=O) groups is 1. The number of aromatic nitrogens is 3. The Morgan fingerprint density at radius 2 is 1.89 bits per heavy atom. The Morgan fingerprint density at radius 1 is 1.03 bits per heavy atom. The van der Waals surface area contributed by atoms with Gasteiger partial charge in [0.05, 0.1) is 16.6 Å². The quantitative estimate of drug-likeness (QED) is 0.279. The zero-order valence-corrected chi connectivity index (χ0v) is 18.9. The molecule has 5 aromatic rings. The van der Waals surface area contributed by atoms with E-state index < -0.39 is 17.6 Å². The Hall–Kier alpha value is -4.66. The number of nitrogens with zero attached hydrogens (tertiary/aromatic N) is 2. The number of aryl methyl sites for hydroxylation is 1. The summed E-state index contributed by atoms with van der Waals surface area (Å²) in [6.45, 7) is 1.78. The minimum absolute atomic E-state index is 0.0974. The van der Waals surface area contributed by atoms with Crippen LogP contribution in [0.3, 0.4) is 0 Å². The van der Waals surface area contributed by atoms with Crippen molar-refractivity contribution in [2.45, 2.75) is 13.1 Å². The van der Waals surface area contributed by atoms with E-state index in [0.717, 1.165) is 28.6 Å². The zero-order valence-electron chi connectivity index (χ0n) is 18.9. The minimum atomic E-state index is -4.54. The van der Waals surface area contributed by atoms with Crippen LogP contribution in [-0.4, -0.2) is 20.9 Å². The molecule has 0 spiro atoms. The molecule has 0 atom stereocenters. The molecule has 0 unspecified atom stereocenters. The van der Waals surface area contributed by atoms with Gasteiger partial charge < -0.3 is 15.0 Å². The number of anilines is 1. The van der Waals surface area contributed by atoms with Gasteiger partial charge >= 0.3 is 6.18 Å². The second kappa shape index (κ2) is 9.18. The average Bonchev–Trinajstić information content (AvgIpc) is 3.35. The van der Waals surface area contributed by atoms with Crippen molar-refractivity contribution in [1.29, 1.82) is 0 Å². The lowest BCUT2D eigenvalue weighted by molar-refractivity contribution is -0.137. The Kier molecular flexibility index (Phi) is 5.89. The van der Waals surface area contributed by atoms with Gasteiger partial charge in [0.15, 0.2) is 0 Å². The maximum Gasteiger partial charge on any atom is 0.416 e. The Morgan fingerprint density at radius 3 is 2.67 bits per heavy atom. The van der Waals surface area contributed by atoms with Gasteiger partial charge in [-0.05, 0) is 55.0 Å². The standard InChI is InChI=1S/C27H19F3N4O2/c1-16-7-8-20(13-22(16)34-26(35)17-4-2-6-19(12-17)27(28,29)30)36-24-14-23(18-5-3-10-31-15-18)33-25-21(24)9-11-32-25/h2-15H,1H3,(H,32,33)(H,34,35). The normalized spacial score (nSPS) is 11.4. The molecule has 3 heterocycles. The van der Waals surface area contributed by atoms with Gasteiger partial charge in [0.1, 0.15) is 17.1 Å². The van der Waals surface area contributed by atoms with Crippen LogP contribution in [-0.2, 0) is 6.18 Å². The first-order valence-corrected chi connectivity index (χ1v) is 10.9. The maximum atomic E-state index is 13.0. The van der Waals surface area contributed by atoms with Crippen LogP contribution in [0.1, 0.15) is 21.5 Å². The minimum Gasteiger partial charge on any atom is -0.456 e. The van der Waals surface area contributed by atoms with Gasteiger partial charge in [-0.2, -0.15) is 13.2 Å². The molecule has 0 saturated heterocycles. The second-order valence-electron chi connectivity index (χ2n) is 8.10. The van der Waals surface area contributed by atoms with E-state index in [2.05, 4.69) is 20.3 Å². The predicted molar refractivity (Wildman–Crippen MR) is 130 cm³/mol. The van der Waals surface area contributed by atoms with Crippen LogP contribution in [0.4, 0.5) is 18.9 Å². The number of pyridine rings is 2. The lowest BCUT2D eigenvalue weighted by Crippen LogP contribution is -2.14. The van der Waals surface area contributed by atoms with Crippen molar-refractivity contribution in [1.82, 2.24) is 15.0 Å². The average molecular weight is 488 g/mol. The van der Waals surface area contributed by atoms with Crippen LogP contribution in [0.15, 0.2) is 85.3 Å². The lowest BCUT2D eigenvalue weighted by atomic mass is 10.1. The fraction of sp³-hybridized carbons (Fsp3) is 0.0741. The molecule has 0 radical (unpaired) electrons. The lowest BCUT2D eigenvalue weighted by Gasteiger charge is -2.14. The fourth-order valence-corrected chi connectivity index (χ4v) is 3.71. The third-order valence-corrected chi connectivity index (χ3v) is 5.59. The molecule has 1 amide bonds. The molecule has 5 rings (SSSR count). The van der Waals surface area contributed by atoms with Gasteiger partial charge in [-0.3, -0.25) is 9.78 Å². The first kappa shape index (κ1) is 23.1. The highest BCUT2D eigenvalue weighted by molar-refractivity contribution is 6.04. The third kappa shape index (κ3) is 4.76. The number of H-pyrrole nitrogens is 1. The third-order valence-electron chi connectivity index (χ3n) is 5.59. The summed E-state index contributed by atoms with van der Waals surface area (Å²) in [5.41, 5.74) is 2.27. The zero-order chi connectivity index (χ0) is 25.3. The van der Waals surface area contributed by atoms with E-state index >= 15 is 0 Å². The van der Waals surface area contributed by atoms with Gasteiger partial charge in [-0.1, -0.05) is 12.1 Å². The van der Waals surface area contributed by atoms with E-state index in [4.69, 9.17) is 4.74 Å². The molecule has 0 saturated carbocycles. The first-order valence-electron chi connectivity index (χ1n) is 10.9. The number of hydrogen-bond acceptors (Lipinski definition) is 4. The monoisotopic (exact) mass is 488 g/mol. The van der Waals surface area contributed by atoms with Crippen molar-refractivity contribution in [3.63, 3.8) is 0 Å². The summed E-state index contributed by atoms with van der Waals surface area (Å²) >= 11 is 0. The highest BCUT2D eigenvalue weighted by Crippen LogP contribution is 2.34. The molecule has 2 aromatic carbocycles. The van der Waals surface area contributed by atoms with E-state index in [1.807, 2.05) is 18.2 Å². The number of alkyl halides is 3. The Labute approximate surface area is 203 Å². The molecule has 2 N–H and O–H groups in total. The first-order chi connectivity index (χ1) is 17.3. The summed E-state index contributed by atoms with van der Waals surface area (Å²) in [7, 11) is 0. The van der Waals surface area contributed by atoms with E-state index in [-0.39, 0.29) is 5.56 Å². The smallest absolute Gasteiger partial charge is 0.416 e. The number of fused-ring (bicyclic) bond motifs is 1. The molecule has 0 bridgehead atoms. The number of amides is 1. The van der Waals surface area contributed by atoms with Crippen molar-refractivity contribution in [2.24, 2.45) is 0 Å². The summed E-state index contributed by atoms with van der Waals surface area (Å²) in [6, 6.07) is 16.8. The highest BCUT2D eigenvalue weighted by atomic mass is 19.4. The van der Waals surface area contributed by atoms with Crippen molar-refractivity contribution in [3.05, 3.63) is 102 Å². The topological polar surface area (TPSA) is 79.9 Å². The van der Waals surface area contributed by atoms with Crippen LogP contribution in [0, 0.1) is 6.92 Å². The van der Waals surface area contributed by atoms with Crippen LogP contribution in [0.5, 0.6) is 11.5 Å². The van der Waals surface area contributed by atoms with Crippen LogP contribution in [0.2, 0.25) is 0 Å². The number of nitrogens with one attached hydrogen (secondary N) is 2. The summed E-state index contributed by atoms with van der Waals surface area (Å²) in [5.74, 6) is 0.321. The molecule has 9 heteroatoms. The van der Waals surface area contributed by atoms with Gasteiger partial charge in [0.25, 0.3) is 5.91 Å². The van der Waals surface area contributed by atoms with E-state index in [9.17, 15) is 18.0 Å². The van der Waals surface area contributed by atoms with Crippen molar-refractivity contribution in [3.8, 4) is 22.8 Å². The van der Waals surface area contributed by atoms with E-state index in [0.29, 0.717) is 28.5 Å². The van der Waals surface area contributed by atoms with Gasteiger partial charge in [0, 0.05) is 47.5 Å². The fourth-order valence-electron chi connectivity index (χ4n) is 3.71. The molecule has 180 valence electrons. The molecule has 3 aromatic heterocycles. The molecular weight excluding hydrogens is 469 g/mol. The number of benzene rings is 2. The van der Waals surface area contributed by atoms with Gasteiger partial charge in [0.2, 0.25) is 0 Å². The number of ether oxygens (including phenoxy) is 1. The number of carbonyl (C=O) groups excluding carboxylic acids is 1. The van der Waals surface area contributed by atoms with Crippen molar-refractivity contribution < 1.29 is 22.7 Å². The molecule has 6 nitrogen and oxygen atoms in total. The highest BCUT2D eigenvalue weighted by Gasteiger charge is 2.31. The van der Waals surface area contributed by atoms with Crippen molar-refractivity contribution in [2.75, 3.05) is 5.32 Å². The number of aromatic amines is 1. The summed E-state index contributed by atoms with van der Waals surface area (Å²) in [5, 5.41) is 3.45. The summed E-state index contributed by atoms with van der Waals surface area (Å²) < 4.78 is 45.3. The largest absolute Gasteiger partial charge is 0.456 e. The van der Waals surface area contributed by atoms with Crippen LogP contribution < -0.4 is 10.1 Å². The van der Waals surface area contributed by atoms with Gasteiger partial charge in [-0.15, -0.1) is 0 Å². The summed E-state index contributed by atoms with van der Waals surface area (Å²) in [4.78, 5) is 24.6. The Balaban J connectivity index is 1.44.